The van der Waals surface area contributed by atoms with Crippen molar-refractivity contribution in [2.24, 2.45) is 10.4 Å². The second-order valence-electron chi connectivity index (χ2n) is 7.93. The molecule has 1 N–H and O–H groups in total. The van der Waals surface area contributed by atoms with Gasteiger partial charge in [0.05, 0.1) is 0 Å². The van der Waals surface area contributed by atoms with Crippen molar-refractivity contribution in [2.75, 3.05) is 45.6 Å². The summed E-state index contributed by atoms with van der Waals surface area (Å²) in [6, 6.07) is 0. The maximum absolute atomic E-state index is 5.29. The van der Waals surface area contributed by atoms with E-state index in [9.17, 15) is 0 Å². The van der Waals surface area contributed by atoms with Gasteiger partial charge in [0.1, 0.15) is 0 Å². The Balaban J connectivity index is 1.62. The van der Waals surface area contributed by atoms with E-state index in [-0.39, 0.29) is 0 Å². The highest BCUT2D eigenvalue weighted by molar-refractivity contribution is 8.00. The van der Waals surface area contributed by atoms with Crippen LogP contribution in [0.25, 0.3) is 0 Å². The molecule has 0 aromatic carbocycles. The van der Waals surface area contributed by atoms with Crippen molar-refractivity contribution in [2.45, 2.75) is 63.0 Å². The van der Waals surface area contributed by atoms with E-state index in [1.54, 1.807) is 7.11 Å². The Morgan fingerprint density at radius 2 is 2.00 bits per heavy atom. The van der Waals surface area contributed by atoms with Crippen molar-refractivity contribution in [3.63, 3.8) is 0 Å². The summed E-state index contributed by atoms with van der Waals surface area (Å²) in [5.74, 6) is 2.41. The van der Waals surface area contributed by atoms with E-state index in [0.717, 1.165) is 38.6 Å². The molecule has 1 heterocycles. The minimum absolute atomic E-state index is 0.434. The summed E-state index contributed by atoms with van der Waals surface area (Å²) >= 11 is 2.23. The van der Waals surface area contributed by atoms with Crippen LogP contribution in [0.5, 0.6) is 0 Å². The van der Waals surface area contributed by atoms with Gasteiger partial charge in [0.2, 0.25) is 0 Å². The lowest BCUT2D eigenvalue weighted by Crippen LogP contribution is -2.53. The molecule has 5 heteroatoms. The predicted molar refractivity (Wildman–Crippen MR) is 104 cm³/mol. The number of methoxy groups -OCH3 is 1. The molecule has 138 valence electrons. The SMILES string of the molecule is CCNC(=NCC1(CCOC)CC1)N1CCSC2(CCCCC2)C1. The fourth-order valence-corrected chi connectivity index (χ4v) is 5.74. The first kappa shape index (κ1) is 18.4. The molecule has 0 aromatic rings. The number of hydrogen-bond donors (Lipinski definition) is 1. The number of ether oxygens (including phenoxy) is 1. The summed E-state index contributed by atoms with van der Waals surface area (Å²) in [4.78, 5) is 7.62. The van der Waals surface area contributed by atoms with Crippen LogP contribution in [0, 0.1) is 5.41 Å². The van der Waals surface area contributed by atoms with E-state index in [2.05, 4.69) is 28.9 Å². The van der Waals surface area contributed by atoms with Gasteiger partial charge in [-0.25, -0.2) is 0 Å². The minimum atomic E-state index is 0.434. The second kappa shape index (κ2) is 8.31. The molecule has 3 fully saturated rings. The van der Waals surface area contributed by atoms with Gasteiger partial charge in [-0.3, -0.25) is 4.99 Å². The van der Waals surface area contributed by atoms with Gasteiger partial charge in [-0.2, -0.15) is 11.8 Å². The summed E-state index contributed by atoms with van der Waals surface area (Å²) in [5, 5.41) is 3.57. The highest BCUT2D eigenvalue weighted by atomic mass is 32.2. The molecule has 1 saturated heterocycles. The molecule has 24 heavy (non-hydrogen) atoms. The zero-order valence-corrected chi connectivity index (χ0v) is 16.4. The Morgan fingerprint density at radius 1 is 1.21 bits per heavy atom. The van der Waals surface area contributed by atoms with Gasteiger partial charge in [0.25, 0.3) is 0 Å². The molecule has 0 aromatic heterocycles. The van der Waals surface area contributed by atoms with Gasteiger partial charge < -0.3 is 15.0 Å². The van der Waals surface area contributed by atoms with E-state index in [1.807, 2.05) is 0 Å². The first-order chi connectivity index (χ1) is 11.7. The average molecular weight is 354 g/mol. The highest BCUT2D eigenvalue weighted by Crippen LogP contribution is 2.49. The maximum Gasteiger partial charge on any atom is 0.194 e. The Morgan fingerprint density at radius 3 is 2.67 bits per heavy atom. The predicted octanol–water partition coefficient (Wildman–Crippen LogP) is 3.52. The Kier molecular flexibility index (Phi) is 6.36. The van der Waals surface area contributed by atoms with Gasteiger partial charge in [-0.05, 0) is 44.4 Å². The summed E-state index contributed by atoms with van der Waals surface area (Å²) in [6.07, 6.45) is 10.8. The molecule has 3 aliphatic rings. The second-order valence-corrected chi connectivity index (χ2v) is 9.49. The van der Waals surface area contributed by atoms with Crippen molar-refractivity contribution >= 4 is 17.7 Å². The molecule has 1 aliphatic heterocycles. The summed E-state index contributed by atoms with van der Waals surface area (Å²) in [5.41, 5.74) is 0.434. The summed E-state index contributed by atoms with van der Waals surface area (Å²) in [6.45, 7) is 7.31. The molecule has 3 rings (SSSR count). The van der Waals surface area contributed by atoms with Gasteiger partial charge in [-0.15, -0.1) is 0 Å². The van der Waals surface area contributed by atoms with Crippen LogP contribution < -0.4 is 5.32 Å². The molecule has 4 nitrogen and oxygen atoms in total. The van der Waals surface area contributed by atoms with Crippen LogP contribution in [-0.4, -0.2) is 61.3 Å². The molecular formula is C19H35N3OS. The molecule has 0 unspecified atom stereocenters. The van der Waals surface area contributed by atoms with Crippen LogP contribution in [-0.2, 0) is 4.74 Å². The van der Waals surface area contributed by atoms with Crippen LogP contribution in [0.1, 0.15) is 58.3 Å². The van der Waals surface area contributed by atoms with E-state index < -0.39 is 0 Å². The van der Waals surface area contributed by atoms with E-state index in [4.69, 9.17) is 9.73 Å². The van der Waals surface area contributed by atoms with E-state index in [1.165, 1.54) is 57.2 Å². The third-order valence-electron chi connectivity index (χ3n) is 6.01. The topological polar surface area (TPSA) is 36.9 Å². The number of hydrogen-bond acceptors (Lipinski definition) is 3. The largest absolute Gasteiger partial charge is 0.385 e. The van der Waals surface area contributed by atoms with Crippen molar-refractivity contribution in [1.29, 1.82) is 0 Å². The van der Waals surface area contributed by atoms with Crippen molar-refractivity contribution in [3.8, 4) is 0 Å². The molecule has 0 amide bonds. The first-order valence-corrected chi connectivity index (χ1v) is 10.9. The van der Waals surface area contributed by atoms with Crippen molar-refractivity contribution in [3.05, 3.63) is 0 Å². The Hall–Kier alpha value is -0.420. The minimum Gasteiger partial charge on any atom is -0.385 e. The van der Waals surface area contributed by atoms with Crippen LogP contribution in [0.3, 0.4) is 0 Å². The molecule has 2 aliphatic carbocycles. The molecule has 0 bridgehead atoms. The van der Waals surface area contributed by atoms with Crippen molar-refractivity contribution in [1.82, 2.24) is 10.2 Å². The third-order valence-corrected chi connectivity index (χ3v) is 7.54. The third kappa shape index (κ3) is 4.60. The van der Waals surface area contributed by atoms with Gasteiger partial charge in [0, 0.05) is 50.4 Å². The standard InChI is InChI=1S/C19H35N3OS/c1-3-20-17(21-15-18(9-10-18)11-13-23-2)22-12-14-24-19(16-22)7-5-4-6-8-19/h3-16H2,1-2H3,(H,20,21). The molecular weight excluding hydrogens is 318 g/mol. The number of guanidine groups is 1. The lowest BCUT2D eigenvalue weighted by Gasteiger charge is -2.45. The monoisotopic (exact) mass is 353 g/mol. The Bertz CT molecular complexity index is 425. The number of rotatable bonds is 6. The van der Waals surface area contributed by atoms with Crippen molar-refractivity contribution < 1.29 is 4.74 Å². The zero-order chi connectivity index (χ0) is 16.9. The lowest BCUT2D eigenvalue weighted by atomic mass is 9.87. The fraction of sp³-hybridized carbons (Fsp3) is 0.947. The van der Waals surface area contributed by atoms with Gasteiger partial charge in [0.15, 0.2) is 5.96 Å². The first-order valence-electron chi connectivity index (χ1n) is 9.87. The Labute approximate surface area is 152 Å². The number of thioether (sulfide) groups is 1. The van der Waals surface area contributed by atoms with Crippen LogP contribution in [0.2, 0.25) is 0 Å². The van der Waals surface area contributed by atoms with E-state index in [0.29, 0.717) is 10.2 Å². The smallest absolute Gasteiger partial charge is 0.194 e. The zero-order valence-electron chi connectivity index (χ0n) is 15.6. The number of nitrogens with one attached hydrogen (secondary N) is 1. The molecule has 0 radical (unpaired) electrons. The number of nitrogens with zero attached hydrogens (tertiary/aromatic N) is 2. The number of aliphatic imine (C=N–C) groups is 1. The highest BCUT2D eigenvalue weighted by Gasteiger charge is 2.42. The quantitative estimate of drug-likeness (QED) is 0.585. The van der Waals surface area contributed by atoms with Crippen LogP contribution in [0.15, 0.2) is 4.99 Å². The van der Waals surface area contributed by atoms with Gasteiger partial charge >= 0.3 is 0 Å². The molecule has 0 atom stereocenters. The normalized spacial score (nSPS) is 25.8. The fourth-order valence-electron chi connectivity index (χ4n) is 4.18. The summed E-state index contributed by atoms with van der Waals surface area (Å²) in [7, 11) is 1.80. The lowest BCUT2D eigenvalue weighted by molar-refractivity contribution is 0.174. The average Bonchev–Trinajstić information content (AvgIpc) is 3.38. The van der Waals surface area contributed by atoms with Gasteiger partial charge in [-0.1, -0.05) is 19.3 Å². The summed E-state index contributed by atoms with van der Waals surface area (Å²) < 4.78 is 5.79. The molecule has 2 saturated carbocycles. The maximum atomic E-state index is 5.29. The molecule has 1 spiro atoms. The van der Waals surface area contributed by atoms with E-state index >= 15 is 0 Å². The van der Waals surface area contributed by atoms with Crippen LogP contribution in [0.4, 0.5) is 0 Å². The van der Waals surface area contributed by atoms with Crippen LogP contribution >= 0.6 is 11.8 Å².